The first-order valence-electron chi connectivity index (χ1n) is 6.26. The van der Waals surface area contributed by atoms with E-state index >= 15 is 0 Å². The zero-order chi connectivity index (χ0) is 13.8. The quantitative estimate of drug-likeness (QED) is 0.590. The zero-order valence-electron chi connectivity index (χ0n) is 11.2. The number of rotatable bonds is 0. The van der Waals surface area contributed by atoms with Gasteiger partial charge in [-0.2, -0.15) is 0 Å². The number of hydrogen-bond donors (Lipinski definition) is 2. The second-order valence-electron chi connectivity index (χ2n) is 5.84. The molecular weight excluding hydrogens is 240 g/mol. The van der Waals surface area contributed by atoms with Crippen LogP contribution in [0.25, 0.3) is 21.9 Å². The Kier molecular flexibility index (Phi) is 2.30. The Morgan fingerprint density at radius 2 is 1.58 bits per heavy atom. The first kappa shape index (κ1) is 11.9. The topological polar surface area (TPSA) is 53.6 Å². The highest BCUT2D eigenvalue weighted by atomic mass is 16.4. The Labute approximate surface area is 111 Å². The van der Waals surface area contributed by atoms with Crippen molar-refractivity contribution in [1.29, 1.82) is 0 Å². The van der Waals surface area contributed by atoms with E-state index in [0.29, 0.717) is 5.58 Å². The van der Waals surface area contributed by atoms with Gasteiger partial charge in [0.1, 0.15) is 5.58 Å². The third kappa shape index (κ3) is 1.65. The molecule has 0 aliphatic rings. The normalized spacial score (nSPS) is 12.4. The summed E-state index contributed by atoms with van der Waals surface area (Å²) in [5, 5.41) is 21.2. The number of para-hydroxylation sites is 1. The third-order valence-corrected chi connectivity index (χ3v) is 3.43. The van der Waals surface area contributed by atoms with Gasteiger partial charge in [0.15, 0.2) is 11.3 Å². The van der Waals surface area contributed by atoms with E-state index in [1.807, 2.05) is 18.2 Å². The SMILES string of the molecule is CC(C)(C)c1cccc2c1oc1c(O)c(O)ccc12. The first-order chi connectivity index (χ1) is 8.89. The summed E-state index contributed by atoms with van der Waals surface area (Å²) in [5.74, 6) is -0.363. The smallest absolute Gasteiger partial charge is 0.201 e. The van der Waals surface area contributed by atoms with E-state index in [0.717, 1.165) is 21.9 Å². The van der Waals surface area contributed by atoms with Crippen LogP contribution in [0.5, 0.6) is 11.5 Å². The third-order valence-electron chi connectivity index (χ3n) is 3.43. The van der Waals surface area contributed by atoms with Gasteiger partial charge in [-0.15, -0.1) is 0 Å². The zero-order valence-corrected chi connectivity index (χ0v) is 11.2. The van der Waals surface area contributed by atoms with Crippen molar-refractivity contribution in [2.75, 3.05) is 0 Å². The Morgan fingerprint density at radius 1 is 0.895 bits per heavy atom. The molecule has 0 radical (unpaired) electrons. The highest BCUT2D eigenvalue weighted by Crippen LogP contribution is 2.41. The van der Waals surface area contributed by atoms with Crippen LogP contribution < -0.4 is 0 Å². The summed E-state index contributed by atoms with van der Waals surface area (Å²) in [6.07, 6.45) is 0. The molecule has 0 aliphatic carbocycles. The van der Waals surface area contributed by atoms with Crippen molar-refractivity contribution in [1.82, 2.24) is 0 Å². The second-order valence-corrected chi connectivity index (χ2v) is 5.84. The van der Waals surface area contributed by atoms with Crippen LogP contribution >= 0.6 is 0 Å². The van der Waals surface area contributed by atoms with E-state index < -0.39 is 0 Å². The van der Waals surface area contributed by atoms with Gasteiger partial charge in [0.05, 0.1) is 0 Å². The van der Waals surface area contributed by atoms with Crippen LogP contribution in [0, 0.1) is 0 Å². The van der Waals surface area contributed by atoms with Crippen LogP contribution in [0.3, 0.4) is 0 Å². The standard InChI is InChI=1S/C16H16O3/c1-16(2,3)11-6-4-5-9-10-7-8-12(17)13(18)15(10)19-14(9)11/h4-8,17-18H,1-3H3. The molecule has 3 nitrogen and oxygen atoms in total. The molecular formula is C16H16O3. The van der Waals surface area contributed by atoms with E-state index in [1.165, 1.54) is 6.07 Å². The van der Waals surface area contributed by atoms with Gasteiger partial charge in [-0.3, -0.25) is 0 Å². The molecule has 3 rings (SSSR count). The van der Waals surface area contributed by atoms with Gasteiger partial charge in [0.2, 0.25) is 5.75 Å². The van der Waals surface area contributed by atoms with Crippen LogP contribution in [-0.4, -0.2) is 10.2 Å². The molecule has 98 valence electrons. The monoisotopic (exact) mass is 256 g/mol. The molecule has 1 heterocycles. The van der Waals surface area contributed by atoms with E-state index in [2.05, 4.69) is 20.8 Å². The fourth-order valence-electron chi connectivity index (χ4n) is 2.43. The van der Waals surface area contributed by atoms with Gasteiger partial charge in [-0.1, -0.05) is 39.0 Å². The highest BCUT2D eigenvalue weighted by molar-refractivity contribution is 6.08. The molecule has 0 saturated carbocycles. The van der Waals surface area contributed by atoms with Crippen LogP contribution in [0.1, 0.15) is 26.3 Å². The van der Waals surface area contributed by atoms with Crippen molar-refractivity contribution in [3.05, 3.63) is 35.9 Å². The minimum Gasteiger partial charge on any atom is -0.504 e. The maximum absolute atomic E-state index is 9.91. The Bertz CT molecular complexity index is 776. The van der Waals surface area contributed by atoms with Gasteiger partial charge in [0, 0.05) is 16.3 Å². The van der Waals surface area contributed by atoms with Crippen LogP contribution in [0.4, 0.5) is 0 Å². The lowest BCUT2D eigenvalue weighted by atomic mass is 9.86. The first-order valence-corrected chi connectivity index (χ1v) is 6.26. The predicted octanol–water partition coefficient (Wildman–Crippen LogP) is 4.29. The number of hydrogen-bond acceptors (Lipinski definition) is 3. The molecule has 3 heteroatoms. The Morgan fingerprint density at radius 3 is 2.26 bits per heavy atom. The molecule has 2 N–H and O–H groups in total. The molecule has 0 aliphatic heterocycles. The summed E-state index contributed by atoms with van der Waals surface area (Å²) in [6.45, 7) is 6.35. The molecule has 0 bridgehead atoms. The van der Waals surface area contributed by atoms with Gasteiger partial charge in [-0.05, 0) is 17.5 Å². The van der Waals surface area contributed by atoms with E-state index in [4.69, 9.17) is 4.42 Å². The van der Waals surface area contributed by atoms with Gasteiger partial charge in [-0.25, -0.2) is 0 Å². The summed E-state index contributed by atoms with van der Waals surface area (Å²) < 4.78 is 5.81. The van der Waals surface area contributed by atoms with E-state index in [9.17, 15) is 10.2 Å². The molecule has 0 atom stereocenters. The molecule has 3 aromatic rings. The number of furan rings is 1. The van der Waals surface area contributed by atoms with Crippen molar-refractivity contribution >= 4 is 21.9 Å². The number of phenols is 2. The summed E-state index contributed by atoms with van der Waals surface area (Å²) in [4.78, 5) is 0. The van der Waals surface area contributed by atoms with Crippen molar-refractivity contribution < 1.29 is 14.6 Å². The average molecular weight is 256 g/mol. The molecule has 0 saturated heterocycles. The molecule has 0 amide bonds. The lowest BCUT2D eigenvalue weighted by Crippen LogP contribution is -2.10. The molecule has 2 aromatic carbocycles. The minimum absolute atomic E-state index is 0.0505. The molecule has 1 aromatic heterocycles. The Hall–Kier alpha value is -2.16. The fourth-order valence-corrected chi connectivity index (χ4v) is 2.43. The van der Waals surface area contributed by atoms with E-state index in [1.54, 1.807) is 6.07 Å². The Balaban J connectivity index is 2.50. The number of fused-ring (bicyclic) bond motifs is 3. The summed E-state index contributed by atoms with van der Waals surface area (Å²) in [6, 6.07) is 9.23. The molecule has 0 unspecified atom stereocenters. The minimum atomic E-state index is -0.200. The van der Waals surface area contributed by atoms with Crippen molar-refractivity contribution in [2.24, 2.45) is 0 Å². The summed E-state index contributed by atoms with van der Waals surface area (Å²) in [5.41, 5.74) is 2.14. The highest BCUT2D eigenvalue weighted by Gasteiger charge is 2.21. The number of aromatic hydroxyl groups is 2. The summed E-state index contributed by atoms with van der Waals surface area (Å²) in [7, 11) is 0. The van der Waals surface area contributed by atoms with Gasteiger partial charge in [0.25, 0.3) is 0 Å². The average Bonchev–Trinajstić information content (AvgIpc) is 2.71. The number of benzene rings is 2. The summed E-state index contributed by atoms with van der Waals surface area (Å²) >= 11 is 0. The lowest BCUT2D eigenvalue weighted by Gasteiger charge is -2.18. The number of phenolic OH excluding ortho intramolecular Hbond substituents is 2. The molecule has 0 spiro atoms. The van der Waals surface area contributed by atoms with Gasteiger partial charge >= 0.3 is 0 Å². The van der Waals surface area contributed by atoms with Crippen molar-refractivity contribution in [2.45, 2.75) is 26.2 Å². The van der Waals surface area contributed by atoms with Crippen LogP contribution in [0.2, 0.25) is 0 Å². The molecule has 0 fully saturated rings. The predicted molar refractivity (Wildman–Crippen MR) is 75.7 cm³/mol. The maximum Gasteiger partial charge on any atom is 0.201 e. The second kappa shape index (κ2) is 3.67. The fraction of sp³-hybridized carbons (Fsp3) is 0.250. The largest absolute Gasteiger partial charge is 0.504 e. The van der Waals surface area contributed by atoms with Crippen molar-refractivity contribution in [3.63, 3.8) is 0 Å². The van der Waals surface area contributed by atoms with Gasteiger partial charge < -0.3 is 14.6 Å². The molecule has 19 heavy (non-hydrogen) atoms. The lowest BCUT2D eigenvalue weighted by molar-refractivity contribution is 0.401. The van der Waals surface area contributed by atoms with E-state index in [-0.39, 0.29) is 16.9 Å². The van der Waals surface area contributed by atoms with Crippen LogP contribution in [0.15, 0.2) is 34.7 Å². The van der Waals surface area contributed by atoms with Crippen LogP contribution in [-0.2, 0) is 5.41 Å². The maximum atomic E-state index is 9.91. The van der Waals surface area contributed by atoms with Crippen molar-refractivity contribution in [3.8, 4) is 11.5 Å².